The fourth-order valence-electron chi connectivity index (χ4n) is 1.81. The molecule has 0 aliphatic heterocycles. The van der Waals surface area contributed by atoms with E-state index in [-0.39, 0.29) is 18.8 Å². The summed E-state index contributed by atoms with van der Waals surface area (Å²) in [4.78, 5) is 24.8. The van der Waals surface area contributed by atoms with Crippen LogP contribution in [0.25, 0.3) is 0 Å². The van der Waals surface area contributed by atoms with Crippen molar-refractivity contribution in [3.63, 3.8) is 0 Å². The minimum absolute atomic E-state index is 0.174. The summed E-state index contributed by atoms with van der Waals surface area (Å²) in [5, 5.41) is 0. The van der Waals surface area contributed by atoms with E-state index in [4.69, 9.17) is 4.74 Å². The molecule has 1 rings (SSSR count). The number of ketones is 1. The van der Waals surface area contributed by atoms with Gasteiger partial charge in [-0.1, -0.05) is 37.3 Å². The molecule has 0 saturated heterocycles. The number of benzene rings is 1. The molecule has 1 unspecified atom stereocenters. The first-order chi connectivity index (χ1) is 9.56. The Kier molecular flexibility index (Phi) is 5.99. The number of esters is 1. The van der Waals surface area contributed by atoms with Crippen molar-refractivity contribution in [2.75, 3.05) is 6.61 Å². The average molecular weight is 272 g/mol. The van der Waals surface area contributed by atoms with Gasteiger partial charge in [-0.15, -0.1) is 11.8 Å². The van der Waals surface area contributed by atoms with E-state index in [0.717, 1.165) is 0 Å². The van der Waals surface area contributed by atoms with Gasteiger partial charge in [-0.05, 0) is 13.8 Å². The predicted molar refractivity (Wildman–Crippen MR) is 78.2 cm³/mol. The maximum absolute atomic E-state index is 12.6. The van der Waals surface area contributed by atoms with Crippen molar-refractivity contribution in [2.24, 2.45) is 5.41 Å². The van der Waals surface area contributed by atoms with Gasteiger partial charge in [0.1, 0.15) is 5.41 Å². The monoisotopic (exact) mass is 272 g/mol. The molecule has 0 aliphatic carbocycles. The molecule has 0 saturated carbocycles. The SMILES string of the molecule is CCC#CCC(C)(C(=O)OCC)C(=O)c1ccccc1. The van der Waals surface area contributed by atoms with Crippen LogP contribution in [0.4, 0.5) is 0 Å². The van der Waals surface area contributed by atoms with Crippen LogP contribution < -0.4 is 0 Å². The van der Waals surface area contributed by atoms with Crippen LogP contribution in [0.15, 0.2) is 30.3 Å². The van der Waals surface area contributed by atoms with Crippen LogP contribution in [-0.4, -0.2) is 18.4 Å². The second kappa shape index (κ2) is 7.49. The van der Waals surface area contributed by atoms with Crippen molar-refractivity contribution in [3.05, 3.63) is 35.9 Å². The van der Waals surface area contributed by atoms with Gasteiger partial charge in [0.2, 0.25) is 0 Å². The van der Waals surface area contributed by atoms with Crippen LogP contribution >= 0.6 is 0 Å². The molecule has 0 aromatic heterocycles. The van der Waals surface area contributed by atoms with E-state index >= 15 is 0 Å². The fraction of sp³-hybridized carbons (Fsp3) is 0.412. The Hall–Kier alpha value is -2.08. The molecule has 0 radical (unpaired) electrons. The van der Waals surface area contributed by atoms with Gasteiger partial charge in [0.15, 0.2) is 5.78 Å². The van der Waals surface area contributed by atoms with E-state index in [1.54, 1.807) is 38.1 Å². The van der Waals surface area contributed by atoms with E-state index in [1.807, 2.05) is 13.0 Å². The largest absolute Gasteiger partial charge is 0.465 e. The second-order valence-corrected chi connectivity index (χ2v) is 4.63. The van der Waals surface area contributed by atoms with E-state index in [1.165, 1.54) is 0 Å². The molecule has 0 spiro atoms. The first-order valence-corrected chi connectivity index (χ1v) is 6.79. The molecular formula is C17H20O3. The molecule has 1 aromatic rings. The van der Waals surface area contributed by atoms with Crippen molar-refractivity contribution in [1.82, 2.24) is 0 Å². The van der Waals surface area contributed by atoms with Gasteiger partial charge in [0.25, 0.3) is 0 Å². The second-order valence-electron chi connectivity index (χ2n) is 4.63. The van der Waals surface area contributed by atoms with Gasteiger partial charge in [-0.3, -0.25) is 9.59 Å². The predicted octanol–water partition coefficient (Wildman–Crippen LogP) is 3.24. The van der Waals surface area contributed by atoms with E-state index in [0.29, 0.717) is 12.0 Å². The Labute approximate surface area is 120 Å². The summed E-state index contributed by atoms with van der Waals surface area (Å²) in [6.07, 6.45) is 0.867. The van der Waals surface area contributed by atoms with Crippen molar-refractivity contribution < 1.29 is 14.3 Å². The number of carbonyl (C=O) groups is 2. The van der Waals surface area contributed by atoms with Crippen LogP contribution in [0.2, 0.25) is 0 Å². The topological polar surface area (TPSA) is 43.4 Å². The Morgan fingerprint density at radius 3 is 2.35 bits per heavy atom. The van der Waals surface area contributed by atoms with E-state index in [2.05, 4.69) is 11.8 Å². The lowest BCUT2D eigenvalue weighted by atomic mass is 9.79. The summed E-state index contributed by atoms with van der Waals surface area (Å²) in [5.41, 5.74) is -0.749. The highest BCUT2D eigenvalue weighted by atomic mass is 16.5. The molecule has 0 aliphatic rings. The van der Waals surface area contributed by atoms with Crippen molar-refractivity contribution in [1.29, 1.82) is 0 Å². The molecular weight excluding hydrogens is 252 g/mol. The summed E-state index contributed by atoms with van der Waals surface area (Å²) >= 11 is 0. The summed E-state index contributed by atoms with van der Waals surface area (Å²) in [6, 6.07) is 8.78. The van der Waals surface area contributed by atoms with Gasteiger partial charge in [-0.25, -0.2) is 0 Å². The molecule has 3 nitrogen and oxygen atoms in total. The zero-order chi connectivity index (χ0) is 15.0. The van der Waals surface area contributed by atoms with Crippen molar-refractivity contribution >= 4 is 11.8 Å². The lowest BCUT2D eigenvalue weighted by Crippen LogP contribution is -2.38. The zero-order valence-corrected chi connectivity index (χ0v) is 12.2. The summed E-state index contributed by atoms with van der Waals surface area (Å²) in [6.45, 7) is 5.50. The summed E-state index contributed by atoms with van der Waals surface area (Å²) in [5.74, 6) is 5.03. The number of carbonyl (C=O) groups excluding carboxylic acids is 2. The maximum atomic E-state index is 12.6. The van der Waals surface area contributed by atoms with Crippen LogP contribution in [-0.2, 0) is 9.53 Å². The Morgan fingerprint density at radius 1 is 1.15 bits per heavy atom. The summed E-state index contributed by atoms with van der Waals surface area (Å²) in [7, 11) is 0. The van der Waals surface area contributed by atoms with Crippen molar-refractivity contribution in [2.45, 2.75) is 33.6 Å². The highest BCUT2D eigenvalue weighted by Gasteiger charge is 2.42. The smallest absolute Gasteiger partial charge is 0.320 e. The third-order valence-corrected chi connectivity index (χ3v) is 3.01. The van der Waals surface area contributed by atoms with Crippen LogP contribution in [0, 0.1) is 17.3 Å². The lowest BCUT2D eigenvalue weighted by Gasteiger charge is -2.23. The molecule has 0 heterocycles. The van der Waals surface area contributed by atoms with E-state index in [9.17, 15) is 9.59 Å². The third kappa shape index (κ3) is 3.71. The molecule has 0 bridgehead atoms. The van der Waals surface area contributed by atoms with E-state index < -0.39 is 11.4 Å². The summed E-state index contributed by atoms with van der Waals surface area (Å²) < 4.78 is 5.05. The quantitative estimate of drug-likeness (QED) is 0.358. The highest BCUT2D eigenvalue weighted by molar-refractivity contribution is 6.12. The molecule has 0 amide bonds. The maximum Gasteiger partial charge on any atom is 0.320 e. The fourth-order valence-corrected chi connectivity index (χ4v) is 1.81. The minimum Gasteiger partial charge on any atom is -0.465 e. The number of ether oxygens (including phenoxy) is 1. The standard InChI is InChI=1S/C17H20O3/c1-4-6-10-13-17(3,16(19)20-5-2)15(18)14-11-8-7-9-12-14/h7-9,11-12H,4-5,13H2,1-3H3. The number of hydrogen-bond acceptors (Lipinski definition) is 3. The van der Waals surface area contributed by atoms with Crippen molar-refractivity contribution in [3.8, 4) is 11.8 Å². The van der Waals surface area contributed by atoms with Gasteiger partial charge in [0.05, 0.1) is 6.61 Å². The molecule has 0 fully saturated rings. The molecule has 106 valence electrons. The van der Waals surface area contributed by atoms with Gasteiger partial charge >= 0.3 is 5.97 Å². The lowest BCUT2D eigenvalue weighted by molar-refractivity contribution is -0.151. The minimum atomic E-state index is -1.25. The van der Waals surface area contributed by atoms with Crippen LogP contribution in [0.3, 0.4) is 0 Å². The highest BCUT2D eigenvalue weighted by Crippen LogP contribution is 2.28. The molecule has 3 heteroatoms. The van der Waals surface area contributed by atoms with Gasteiger partial charge in [0, 0.05) is 18.4 Å². The van der Waals surface area contributed by atoms with Gasteiger partial charge < -0.3 is 4.74 Å². The molecule has 1 atom stereocenters. The Balaban J connectivity index is 3.09. The first kappa shape index (κ1) is 16.0. The average Bonchev–Trinajstić information content (AvgIpc) is 2.47. The zero-order valence-electron chi connectivity index (χ0n) is 12.2. The number of Topliss-reactive ketones (excluding diaryl/α,β-unsaturated/α-hetero) is 1. The number of rotatable bonds is 5. The molecule has 1 aromatic carbocycles. The molecule has 0 N–H and O–H groups in total. The van der Waals surface area contributed by atoms with Crippen LogP contribution in [0.1, 0.15) is 44.0 Å². The van der Waals surface area contributed by atoms with Crippen LogP contribution in [0.5, 0.6) is 0 Å². The Bertz CT molecular complexity index is 522. The first-order valence-electron chi connectivity index (χ1n) is 6.79. The third-order valence-electron chi connectivity index (χ3n) is 3.01. The normalized spacial score (nSPS) is 12.8. The molecule has 20 heavy (non-hydrogen) atoms. The van der Waals surface area contributed by atoms with Gasteiger partial charge in [-0.2, -0.15) is 0 Å². The number of hydrogen-bond donors (Lipinski definition) is 0. The Morgan fingerprint density at radius 2 is 1.80 bits per heavy atom.